The van der Waals surface area contributed by atoms with E-state index in [1.165, 1.54) is 12.5 Å². The van der Waals surface area contributed by atoms with Crippen LogP contribution in [0.3, 0.4) is 0 Å². The highest BCUT2D eigenvalue weighted by molar-refractivity contribution is 5.88. The number of hydrogen-bond donors (Lipinski definition) is 0. The SMILES string of the molecule is CC(=O)N(C)/C(CC=O)=C(/c1ccc2c(c1)CCCO2)c1ccccc1C. The topological polar surface area (TPSA) is 46.6 Å². The summed E-state index contributed by atoms with van der Waals surface area (Å²) in [6.45, 7) is 4.31. The Morgan fingerprint density at radius 3 is 2.70 bits per heavy atom. The fourth-order valence-electron chi connectivity index (χ4n) is 3.52. The Morgan fingerprint density at radius 1 is 1.22 bits per heavy atom. The number of fused-ring (bicyclic) bond motifs is 1. The lowest BCUT2D eigenvalue weighted by Gasteiger charge is -2.25. The number of amides is 1. The van der Waals surface area contributed by atoms with E-state index in [1.807, 2.05) is 43.3 Å². The third-order valence-electron chi connectivity index (χ3n) is 5.05. The number of nitrogens with zero attached hydrogens (tertiary/aromatic N) is 1. The van der Waals surface area contributed by atoms with Crippen molar-refractivity contribution in [1.82, 2.24) is 4.90 Å². The molecule has 1 aliphatic heterocycles. The summed E-state index contributed by atoms with van der Waals surface area (Å²) in [5, 5.41) is 0. The van der Waals surface area contributed by atoms with E-state index in [1.54, 1.807) is 11.9 Å². The molecule has 2 aromatic carbocycles. The van der Waals surface area contributed by atoms with Gasteiger partial charge >= 0.3 is 0 Å². The molecule has 27 heavy (non-hydrogen) atoms. The van der Waals surface area contributed by atoms with Crippen LogP contribution in [-0.4, -0.2) is 30.7 Å². The molecule has 0 radical (unpaired) electrons. The number of rotatable bonds is 5. The minimum Gasteiger partial charge on any atom is -0.493 e. The van der Waals surface area contributed by atoms with Crippen molar-refractivity contribution >= 4 is 17.8 Å². The number of carbonyl (C=O) groups is 2. The minimum atomic E-state index is -0.0979. The van der Waals surface area contributed by atoms with Crippen LogP contribution < -0.4 is 4.74 Å². The first-order valence-corrected chi connectivity index (χ1v) is 9.26. The molecule has 1 heterocycles. The zero-order chi connectivity index (χ0) is 19.4. The normalized spacial score (nSPS) is 13.9. The molecule has 3 rings (SSSR count). The van der Waals surface area contributed by atoms with Crippen molar-refractivity contribution in [2.75, 3.05) is 13.7 Å². The van der Waals surface area contributed by atoms with E-state index in [2.05, 4.69) is 6.07 Å². The Bertz CT molecular complexity index is 898. The van der Waals surface area contributed by atoms with Crippen LogP contribution in [0, 0.1) is 6.92 Å². The van der Waals surface area contributed by atoms with Crippen LogP contribution in [0.25, 0.3) is 5.57 Å². The highest BCUT2D eigenvalue weighted by atomic mass is 16.5. The van der Waals surface area contributed by atoms with Crippen molar-refractivity contribution in [3.05, 3.63) is 70.4 Å². The van der Waals surface area contributed by atoms with Gasteiger partial charge in [0.25, 0.3) is 0 Å². The Balaban J connectivity index is 2.27. The molecule has 0 aliphatic carbocycles. The predicted molar refractivity (Wildman–Crippen MR) is 107 cm³/mol. The molecule has 0 saturated heterocycles. The van der Waals surface area contributed by atoms with Crippen LogP contribution in [-0.2, 0) is 16.0 Å². The Labute approximate surface area is 160 Å². The van der Waals surface area contributed by atoms with Gasteiger partial charge in [-0.2, -0.15) is 0 Å². The summed E-state index contributed by atoms with van der Waals surface area (Å²) in [7, 11) is 1.72. The molecule has 2 aromatic rings. The van der Waals surface area contributed by atoms with Crippen molar-refractivity contribution in [2.45, 2.75) is 33.1 Å². The van der Waals surface area contributed by atoms with E-state index >= 15 is 0 Å². The average Bonchev–Trinajstić information content (AvgIpc) is 2.68. The molecule has 0 fully saturated rings. The molecular formula is C23H25NO3. The van der Waals surface area contributed by atoms with Crippen molar-refractivity contribution in [3.8, 4) is 5.75 Å². The van der Waals surface area contributed by atoms with Gasteiger partial charge in [-0.1, -0.05) is 30.3 Å². The largest absolute Gasteiger partial charge is 0.493 e. The molecule has 0 unspecified atom stereocenters. The molecule has 0 atom stereocenters. The van der Waals surface area contributed by atoms with Gasteiger partial charge in [0.05, 0.1) is 6.61 Å². The van der Waals surface area contributed by atoms with Gasteiger partial charge in [-0.05, 0) is 54.2 Å². The number of benzene rings is 2. The summed E-state index contributed by atoms with van der Waals surface area (Å²) in [6.07, 6.45) is 2.99. The maximum Gasteiger partial charge on any atom is 0.223 e. The van der Waals surface area contributed by atoms with Crippen LogP contribution in [0.5, 0.6) is 5.75 Å². The first-order valence-electron chi connectivity index (χ1n) is 9.26. The summed E-state index contributed by atoms with van der Waals surface area (Å²) >= 11 is 0. The van der Waals surface area contributed by atoms with Gasteiger partial charge in [-0.3, -0.25) is 4.79 Å². The Morgan fingerprint density at radius 2 is 2.00 bits per heavy atom. The number of hydrogen-bond acceptors (Lipinski definition) is 3. The van der Waals surface area contributed by atoms with Gasteiger partial charge in [-0.25, -0.2) is 0 Å². The molecule has 0 N–H and O–H groups in total. The van der Waals surface area contributed by atoms with Crippen LogP contribution in [0.15, 0.2) is 48.2 Å². The maximum absolute atomic E-state index is 12.1. The number of allylic oxidation sites excluding steroid dienone is 1. The standard InChI is InChI=1S/C23H25NO3/c1-16-7-4-5-9-20(16)23(21(12-13-25)24(3)17(2)26)19-10-11-22-18(15-19)8-6-14-27-22/h4-5,7,9-11,13,15H,6,8,12,14H2,1-3H3/b23-21-. The lowest BCUT2D eigenvalue weighted by molar-refractivity contribution is -0.125. The van der Waals surface area contributed by atoms with Gasteiger partial charge in [0.15, 0.2) is 0 Å². The van der Waals surface area contributed by atoms with Crippen molar-refractivity contribution in [2.24, 2.45) is 0 Å². The smallest absolute Gasteiger partial charge is 0.223 e. The molecule has 4 heteroatoms. The predicted octanol–water partition coefficient (Wildman–Crippen LogP) is 4.15. The van der Waals surface area contributed by atoms with Crippen molar-refractivity contribution in [1.29, 1.82) is 0 Å². The van der Waals surface area contributed by atoms with Crippen molar-refractivity contribution < 1.29 is 14.3 Å². The number of carbonyl (C=O) groups excluding carboxylic acids is 2. The van der Waals surface area contributed by atoms with Gasteiger partial charge in [-0.15, -0.1) is 0 Å². The summed E-state index contributed by atoms with van der Waals surface area (Å²) in [6, 6.07) is 14.2. The fraction of sp³-hybridized carbons (Fsp3) is 0.304. The quantitative estimate of drug-likeness (QED) is 0.750. The van der Waals surface area contributed by atoms with E-state index in [-0.39, 0.29) is 12.3 Å². The highest BCUT2D eigenvalue weighted by Crippen LogP contribution is 2.35. The molecule has 1 aliphatic rings. The number of ether oxygens (including phenoxy) is 1. The zero-order valence-corrected chi connectivity index (χ0v) is 16.1. The second kappa shape index (κ2) is 8.21. The highest BCUT2D eigenvalue weighted by Gasteiger charge is 2.21. The van der Waals surface area contributed by atoms with E-state index in [0.717, 1.165) is 53.7 Å². The van der Waals surface area contributed by atoms with Gasteiger partial charge in [0.1, 0.15) is 12.0 Å². The monoisotopic (exact) mass is 363 g/mol. The van der Waals surface area contributed by atoms with E-state index < -0.39 is 0 Å². The summed E-state index contributed by atoms with van der Waals surface area (Å²) in [5.41, 5.74) is 5.93. The molecule has 0 bridgehead atoms. The first kappa shape index (κ1) is 18.9. The van der Waals surface area contributed by atoms with Gasteiger partial charge in [0.2, 0.25) is 5.91 Å². The van der Waals surface area contributed by atoms with Crippen LogP contribution in [0.4, 0.5) is 0 Å². The maximum atomic E-state index is 12.1. The molecule has 1 amide bonds. The van der Waals surface area contributed by atoms with E-state index in [9.17, 15) is 9.59 Å². The summed E-state index contributed by atoms with van der Waals surface area (Å²) in [4.78, 5) is 25.1. The van der Waals surface area contributed by atoms with Crippen LogP contribution in [0.1, 0.15) is 42.0 Å². The minimum absolute atomic E-state index is 0.0979. The van der Waals surface area contributed by atoms with Gasteiger partial charge < -0.3 is 14.4 Å². The Kier molecular flexibility index (Phi) is 5.75. The third kappa shape index (κ3) is 3.95. The lowest BCUT2D eigenvalue weighted by Crippen LogP contribution is -2.25. The number of aryl methyl sites for hydroxylation is 2. The van der Waals surface area contributed by atoms with Crippen LogP contribution in [0.2, 0.25) is 0 Å². The van der Waals surface area contributed by atoms with E-state index in [0.29, 0.717) is 5.70 Å². The molecule has 0 spiro atoms. The second-order valence-electron chi connectivity index (χ2n) is 6.86. The molecule has 140 valence electrons. The van der Waals surface area contributed by atoms with Crippen molar-refractivity contribution in [3.63, 3.8) is 0 Å². The summed E-state index contributed by atoms with van der Waals surface area (Å²) < 4.78 is 5.74. The second-order valence-corrected chi connectivity index (χ2v) is 6.86. The Hall–Kier alpha value is -2.88. The molecule has 4 nitrogen and oxygen atoms in total. The lowest BCUT2D eigenvalue weighted by atomic mass is 9.89. The first-order chi connectivity index (χ1) is 13.0. The van der Waals surface area contributed by atoms with E-state index in [4.69, 9.17) is 4.74 Å². The zero-order valence-electron chi connectivity index (χ0n) is 16.1. The van der Waals surface area contributed by atoms with Crippen LogP contribution >= 0.6 is 0 Å². The molecular weight excluding hydrogens is 338 g/mol. The fourth-order valence-corrected chi connectivity index (χ4v) is 3.52. The number of aldehydes is 1. The third-order valence-corrected chi connectivity index (χ3v) is 5.05. The molecule has 0 saturated carbocycles. The molecule has 0 aromatic heterocycles. The van der Waals surface area contributed by atoms with Gasteiger partial charge in [0, 0.05) is 31.7 Å². The average molecular weight is 363 g/mol. The summed E-state index contributed by atoms with van der Waals surface area (Å²) in [5.74, 6) is 0.824.